The zero-order chi connectivity index (χ0) is 83.5. The number of ether oxygens (including phenoxy) is 7. The van der Waals surface area contributed by atoms with Crippen LogP contribution in [0.5, 0.6) is 0 Å². The van der Waals surface area contributed by atoms with Crippen LogP contribution in [0.25, 0.3) is 43.6 Å². The molecule has 27 nitrogen and oxygen atoms in total. The fourth-order valence-electron chi connectivity index (χ4n) is 23.7. The minimum atomic E-state index is -1.62. The Morgan fingerprint density at radius 1 is 0.445 bits per heavy atom. The molecule has 4 fully saturated rings. The number of amides is 2. The number of fused-ring (bicyclic) bond motifs is 12. The van der Waals surface area contributed by atoms with E-state index in [1.54, 1.807) is 22.5 Å². The van der Waals surface area contributed by atoms with Crippen LogP contribution in [0.3, 0.4) is 0 Å². The van der Waals surface area contributed by atoms with Crippen molar-refractivity contribution in [1.29, 1.82) is 0 Å². The van der Waals surface area contributed by atoms with Crippen LogP contribution in [0.15, 0.2) is 144 Å². The molecule has 0 saturated carbocycles. The second-order valence-electron chi connectivity index (χ2n) is 32.7. The maximum atomic E-state index is 13.6. The van der Waals surface area contributed by atoms with Crippen molar-refractivity contribution in [2.75, 3.05) is 89.0 Å². The first kappa shape index (κ1) is 83.3. The molecular formula is C91H102N8O19Se. The number of esters is 4. The van der Waals surface area contributed by atoms with Gasteiger partial charge in [0.2, 0.25) is 11.8 Å². The van der Waals surface area contributed by atoms with Crippen LogP contribution < -0.4 is 0 Å². The second kappa shape index (κ2) is 32.1. The number of aromatic nitrogens is 4. The molecule has 28 heteroatoms. The summed E-state index contributed by atoms with van der Waals surface area (Å²) < 4.78 is 58.4. The fraction of sp³-hybridized carbons (Fsp3) is 0.462. The molecule has 4 aliphatic carbocycles. The molecule has 8 aromatic rings. The van der Waals surface area contributed by atoms with E-state index in [1.807, 2.05) is 90.7 Å². The fourth-order valence-corrected chi connectivity index (χ4v) is 23.7. The number of rotatable bonds is 8. The Labute approximate surface area is 695 Å². The monoisotopic (exact) mass is 1690 g/mol. The molecule has 4 aromatic heterocycles. The predicted octanol–water partition coefficient (Wildman–Crippen LogP) is 11.0. The number of nitrogens with zero attached hydrogens (tertiary/aromatic N) is 7. The molecular weight excluding hydrogens is 1590 g/mol. The molecule has 16 aliphatic rings. The Morgan fingerprint density at radius 3 is 1.21 bits per heavy atom. The number of nitrogens with one attached hydrogen (secondary N) is 1. The molecule has 16 heterocycles. The third-order valence-corrected chi connectivity index (χ3v) is 27.6. The van der Waals surface area contributed by atoms with Crippen molar-refractivity contribution < 1.29 is 89.1 Å². The summed E-state index contributed by atoms with van der Waals surface area (Å²) in [5, 5.41) is 14.6. The summed E-state index contributed by atoms with van der Waals surface area (Å²) in [5.74, 6) is -1.58. The Kier molecular flexibility index (Phi) is 22.5. The van der Waals surface area contributed by atoms with Crippen molar-refractivity contribution in [1.82, 2.24) is 38.3 Å². The first-order chi connectivity index (χ1) is 57.0. The number of aliphatic hydroxyl groups is 1. The molecule has 12 aliphatic heterocycles. The first-order valence-corrected chi connectivity index (χ1v) is 42.0. The summed E-state index contributed by atoms with van der Waals surface area (Å²) >= 11 is -1.62. The number of para-hydroxylation sites is 4. The molecule has 15 unspecified atom stereocenters. The van der Waals surface area contributed by atoms with E-state index in [4.69, 9.17) is 40.8 Å². The van der Waals surface area contributed by atoms with Gasteiger partial charge in [-0.3, -0.25) is 38.6 Å². The number of methoxy groups -OCH3 is 7. The van der Waals surface area contributed by atoms with Gasteiger partial charge in [0.1, 0.15) is 21.7 Å². The Balaban J connectivity index is 0.000000122. The third kappa shape index (κ3) is 12.1. The van der Waals surface area contributed by atoms with Crippen LogP contribution in [0.4, 0.5) is 14.4 Å². The first-order valence-electron chi connectivity index (χ1n) is 40.6. The van der Waals surface area contributed by atoms with Crippen molar-refractivity contribution in [3.05, 3.63) is 189 Å². The molecule has 4 aromatic carbocycles. The number of carbonyl (C=O) groups is 9. The van der Waals surface area contributed by atoms with Crippen molar-refractivity contribution in [2.24, 2.45) is 23.7 Å². The van der Waals surface area contributed by atoms with Gasteiger partial charge in [0.25, 0.3) is 0 Å². The molecule has 16 bridgehead atoms. The summed E-state index contributed by atoms with van der Waals surface area (Å²) in [7, 11) is 9.70. The van der Waals surface area contributed by atoms with Gasteiger partial charge < -0.3 is 53.0 Å². The second-order valence-corrected chi connectivity index (χ2v) is 33.0. The van der Waals surface area contributed by atoms with Crippen LogP contribution in [-0.4, -0.2) is 231 Å². The number of benzene rings is 4. The van der Waals surface area contributed by atoms with Crippen molar-refractivity contribution in [2.45, 2.75) is 158 Å². The van der Waals surface area contributed by atoms with Gasteiger partial charge in [-0.15, -0.1) is 0 Å². The van der Waals surface area contributed by atoms with Crippen molar-refractivity contribution >= 4 is 112 Å². The molecule has 0 spiro atoms. The van der Waals surface area contributed by atoms with Crippen LogP contribution in [-0.2, 0) is 117 Å². The van der Waals surface area contributed by atoms with E-state index >= 15 is 0 Å². The van der Waals surface area contributed by atoms with Crippen molar-refractivity contribution in [3.63, 3.8) is 0 Å². The number of H-pyrrole nitrogens is 1. The van der Waals surface area contributed by atoms with E-state index in [-0.39, 0.29) is 55.6 Å². The summed E-state index contributed by atoms with van der Waals surface area (Å²) in [6, 6.07) is 30.2. The van der Waals surface area contributed by atoms with Gasteiger partial charge in [-0.1, -0.05) is 136 Å². The predicted molar refractivity (Wildman–Crippen MR) is 440 cm³/mol. The van der Waals surface area contributed by atoms with Gasteiger partial charge in [-0.25, -0.2) is 28.1 Å². The van der Waals surface area contributed by atoms with E-state index in [0.29, 0.717) is 72.7 Å². The molecule has 0 radical (unpaired) electrons. The SMILES string of the molecule is C.CCC1=CC2CC3(C(=O)OC)c4c(c5ccccc5n4C(=O)OC)CCN(C2=O)C13.CCC1=CC2CN3CCc4c([nH]c5ccccc45)C(C(=O)OC)(C2)C13.CCC1=CC2CN3CCc4c(n(C(=O)OC)c5ccccc45)C(C(=O)OC)(C2)C13.COC(=O)n1c2c(c3ccccc31)CCN1C(=O)C3C=C(C(C)O)C1C2(C(=O)OC)C3.O=[Se]=O. The number of carbonyl (C=O) groups excluding carboxylic acids is 9. The van der Waals surface area contributed by atoms with Gasteiger partial charge >= 0.3 is 64.6 Å². The normalized spacial score (nSPS) is 28.2. The van der Waals surface area contributed by atoms with Gasteiger partial charge in [-0.2, -0.15) is 0 Å². The third-order valence-electron chi connectivity index (χ3n) is 27.6. The molecule has 4 saturated heterocycles. The zero-order valence-electron chi connectivity index (χ0n) is 68.1. The van der Waals surface area contributed by atoms with E-state index in [2.05, 4.69) is 65.0 Å². The van der Waals surface area contributed by atoms with E-state index in [0.717, 1.165) is 126 Å². The zero-order valence-corrected chi connectivity index (χ0v) is 69.8. The van der Waals surface area contributed by atoms with Crippen LogP contribution in [0.1, 0.15) is 125 Å². The van der Waals surface area contributed by atoms with Crippen LogP contribution in [0.2, 0.25) is 0 Å². The quantitative estimate of drug-likeness (QED) is 0.0618. The topological polar surface area (TPSA) is 316 Å². The summed E-state index contributed by atoms with van der Waals surface area (Å²) in [6.45, 7) is 12.8. The molecule has 626 valence electrons. The molecule has 24 rings (SSSR count). The Morgan fingerprint density at radius 2 is 0.790 bits per heavy atom. The summed E-state index contributed by atoms with van der Waals surface area (Å²) in [6.07, 6.45) is 13.5. The van der Waals surface area contributed by atoms with Crippen LogP contribution >= 0.6 is 0 Å². The Hall–Kier alpha value is -10.8. The minimum absolute atomic E-state index is 0. The number of hydrogen-bond acceptors (Lipinski definition) is 21. The molecule has 2 amide bonds. The Bertz CT molecular complexity index is 5710. The molecule has 119 heavy (non-hydrogen) atoms. The van der Waals surface area contributed by atoms with Crippen LogP contribution in [0, 0.1) is 23.7 Å². The standard InChI is InChI=1S/C23H24N2O6.C23H24N2O5.C23H26N2O4.C21H24N2O2.CH4.O2Se/c1-12(26)16-10-13-11-23(21(28)30-2)18(16)24(20(13)27)9-8-15-14-6-4-5-7-17(14)25(19(15)23)22(29)31-3;1-4-13-11-14-12-23(21(27)29-2)18(13)24(20(14)26)10-9-16-15-7-5-6-8-17(15)25(19(16)23)22(28)30-3;1-4-15-11-14-12-23(21(26)28-2)19(15)24(13-14)10-9-17-16-7-5-6-8-18(16)25(20(17)23)22(27)29-3;1-3-14-10-13-11-21(20(24)25-2)18-16(8-9-23(12-13)19(14)21)15-6-4-5-7-17(15)22-18;;1-3-2/h4-7,10,12-13,18,26H,8-9,11H2,1-3H3;5-8,11,14,18H,4,9-10,12H2,1-3H3;5-8,11,14,19H,4,9-10,12-13H2,1-3H3;4-7,10,13,19,22H,3,8-9,11-12H2,1-2H3;1H4;. The van der Waals surface area contributed by atoms with E-state index < -0.39 is 96.7 Å². The number of aliphatic hydroxyl groups excluding tert-OH is 1. The average Bonchev–Trinajstić information content (AvgIpc) is 1.58. The molecule has 2 N–H and O–H groups in total. The average molecular weight is 1690 g/mol. The van der Waals surface area contributed by atoms with Gasteiger partial charge in [0.05, 0.1) is 126 Å². The number of piperidine rings is 4. The van der Waals surface area contributed by atoms with Crippen molar-refractivity contribution in [3.8, 4) is 0 Å². The van der Waals surface area contributed by atoms with Gasteiger partial charge in [0.15, 0.2) is 0 Å². The summed E-state index contributed by atoms with van der Waals surface area (Å²) in [4.78, 5) is 131. The summed E-state index contributed by atoms with van der Waals surface area (Å²) in [5.41, 5.74) is 10.8. The number of aromatic amines is 1. The van der Waals surface area contributed by atoms with Gasteiger partial charge in [0, 0.05) is 72.0 Å². The number of hydrogen-bond donors (Lipinski definition) is 2. The maximum absolute atomic E-state index is 13.6. The molecule has 15 atom stereocenters. The van der Waals surface area contributed by atoms with E-state index in [1.165, 1.54) is 81.0 Å². The van der Waals surface area contributed by atoms with Gasteiger partial charge in [-0.05, 0) is 147 Å². The van der Waals surface area contributed by atoms with E-state index in [9.17, 15) is 48.3 Å².